The van der Waals surface area contributed by atoms with Crippen LogP contribution in [0.4, 0.5) is 11.4 Å². The van der Waals surface area contributed by atoms with Gasteiger partial charge in [-0.1, -0.05) is 84.3 Å². The van der Waals surface area contributed by atoms with Crippen molar-refractivity contribution in [3.8, 4) is 0 Å². The van der Waals surface area contributed by atoms with E-state index in [0.29, 0.717) is 11.4 Å². The van der Waals surface area contributed by atoms with Crippen molar-refractivity contribution in [3.63, 3.8) is 0 Å². The van der Waals surface area contributed by atoms with Crippen LogP contribution in [0.2, 0.25) is 0 Å². The van der Waals surface area contributed by atoms with Crippen LogP contribution in [0.25, 0.3) is 11.5 Å². The maximum atomic E-state index is 12.3. The number of hydrogen-bond donors (Lipinski definition) is 0. The van der Waals surface area contributed by atoms with Crippen LogP contribution in [0.3, 0.4) is 0 Å². The second-order valence-electron chi connectivity index (χ2n) is 9.07. The molecule has 2 aliphatic carbocycles. The van der Waals surface area contributed by atoms with Crippen LogP contribution in [0.15, 0.2) is 129 Å². The molecule has 4 aromatic carbocycles. The van der Waals surface area contributed by atoms with Gasteiger partial charge in [0.05, 0.1) is 11.4 Å². The van der Waals surface area contributed by atoms with Crippen LogP contribution >= 0.6 is 45.2 Å². The molecule has 10 nitrogen and oxygen atoms in total. The zero-order chi connectivity index (χ0) is 31.4. The van der Waals surface area contributed by atoms with Crippen LogP contribution in [-0.4, -0.2) is 23.1 Å². The van der Waals surface area contributed by atoms with Crippen molar-refractivity contribution in [2.24, 2.45) is 20.5 Å². The third kappa shape index (κ3) is 7.06. The number of allylic oxidation sites excluding steroid dienone is 2. The van der Waals surface area contributed by atoms with E-state index >= 15 is 0 Å². The van der Waals surface area contributed by atoms with E-state index in [1.165, 1.54) is 24.3 Å². The molecular weight excluding hydrogens is 854 g/mol. The minimum absolute atomic E-state index is 0. The molecule has 0 N–H and O–H groups in total. The Morgan fingerprint density at radius 1 is 0.422 bits per heavy atom. The Kier molecular flexibility index (Phi) is 11.0. The number of nitrogens with zero attached hydrogens (tertiary/aromatic N) is 4. The summed E-state index contributed by atoms with van der Waals surface area (Å²) in [5.74, 6) is -4.44. The number of ketones is 4. The van der Waals surface area contributed by atoms with Crippen molar-refractivity contribution in [1.82, 2.24) is 0 Å². The molecule has 0 amide bonds. The monoisotopic (exact) mass is 869 g/mol. The third-order valence-corrected chi connectivity index (χ3v) is 8.15. The predicted molar refractivity (Wildman–Crippen MR) is 173 cm³/mol. The second-order valence-corrected chi connectivity index (χ2v) is 11.4. The molecule has 225 valence electrons. The van der Waals surface area contributed by atoms with Crippen molar-refractivity contribution in [3.05, 3.63) is 138 Å². The summed E-state index contributed by atoms with van der Waals surface area (Å²) in [7, 11) is 0. The van der Waals surface area contributed by atoms with Gasteiger partial charge in [0.2, 0.25) is 11.6 Å². The van der Waals surface area contributed by atoms with Gasteiger partial charge in [-0.25, -0.2) is 0 Å². The van der Waals surface area contributed by atoms with Gasteiger partial charge in [-0.2, -0.15) is 0 Å². The molecular formula is C32H16CuI2N4O6. The number of azo groups is 2. The molecule has 0 saturated carbocycles. The van der Waals surface area contributed by atoms with E-state index in [2.05, 4.69) is 65.6 Å². The average Bonchev–Trinajstić information content (AvgIpc) is 3.04. The molecule has 0 unspecified atom stereocenters. The number of rotatable bonds is 4. The van der Waals surface area contributed by atoms with Crippen molar-refractivity contribution < 1.29 is 46.5 Å². The zero-order valence-electron chi connectivity index (χ0n) is 22.5. The summed E-state index contributed by atoms with van der Waals surface area (Å²) >= 11 is 4.14. The van der Waals surface area contributed by atoms with Crippen LogP contribution in [-0.2, 0) is 26.7 Å². The Morgan fingerprint density at radius 3 is 1.09 bits per heavy atom. The van der Waals surface area contributed by atoms with Crippen molar-refractivity contribution in [1.29, 1.82) is 0 Å². The first kappa shape index (κ1) is 33.7. The molecule has 1 radical (unpaired) electrons. The first-order chi connectivity index (χ1) is 21.2. The number of carbonyl (C=O) groups excluding carboxylic acids is 4. The first-order valence-corrected chi connectivity index (χ1v) is 14.9. The summed E-state index contributed by atoms with van der Waals surface area (Å²) < 4.78 is 1.65. The predicted octanol–water partition coefficient (Wildman–Crippen LogP) is 5.74. The van der Waals surface area contributed by atoms with E-state index in [9.17, 15) is 29.4 Å². The zero-order valence-corrected chi connectivity index (χ0v) is 27.8. The summed E-state index contributed by atoms with van der Waals surface area (Å²) in [6, 6.07) is 26.7. The Bertz CT molecular complexity index is 1860. The Balaban J connectivity index is 0.000000200. The summed E-state index contributed by atoms with van der Waals surface area (Å²) in [6.07, 6.45) is 0. The smallest absolute Gasteiger partial charge is 0.870 e. The van der Waals surface area contributed by atoms with Crippen LogP contribution < -0.4 is 10.2 Å². The third-order valence-electron chi connectivity index (χ3n) is 6.33. The standard InChI is InChI=1S/2C16H9IN2O3.Cu/c2*17-11-7-3-4-8-12(11)18-19-13-14(20)9-5-1-2-6-10(9)15(21)16(13)22;/h2*1-8,20H;/q;;+2/p-2. The molecule has 0 saturated heterocycles. The molecule has 0 fully saturated rings. The fourth-order valence-electron chi connectivity index (χ4n) is 4.13. The molecule has 0 bridgehead atoms. The van der Waals surface area contributed by atoms with Gasteiger partial charge in [0.25, 0.3) is 11.6 Å². The first-order valence-electron chi connectivity index (χ1n) is 12.7. The largest absolute Gasteiger partial charge is 2.00 e. The van der Waals surface area contributed by atoms with Crippen LogP contribution in [0, 0.1) is 7.14 Å². The van der Waals surface area contributed by atoms with Gasteiger partial charge in [-0.15, -0.1) is 20.5 Å². The van der Waals surface area contributed by atoms with Crippen molar-refractivity contribution in [2.45, 2.75) is 0 Å². The Labute approximate surface area is 293 Å². The molecule has 0 aliphatic heterocycles. The topological polar surface area (TPSA) is 164 Å². The van der Waals surface area contributed by atoms with Gasteiger partial charge < -0.3 is 10.2 Å². The molecule has 13 heteroatoms. The SMILES string of the molecule is O=C1C(=O)c2ccccc2C([O-])=C1N=Nc1ccccc1I.O=C1C(=O)c2ccccc2C([O-])=C1N=Nc1ccccc1I.[Cu+2]. The number of halogens is 2. The number of carbonyl (C=O) groups is 4. The fourth-order valence-corrected chi connectivity index (χ4v) is 5.12. The number of Topliss-reactive ketones (excluding diaryl/α,β-unsaturated/α-hetero) is 4. The van der Waals surface area contributed by atoms with E-state index < -0.39 is 46.0 Å². The molecule has 0 heterocycles. The molecule has 2 aliphatic rings. The van der Waals surface area contributed by atoms with Gasteiger partial charge >= 0.3 is 17.1 Å². The number of benzene rings is 4. The second kappa shape index (κ2) is 14.7. The van der Waals surface area contributed by atoms with E-state index in [1.54, 1.807) is 48.5 Å². The quantitative estimate of drug-likeness (QED) is 0.110. The molecule has 0 aromatic heterocycles. The van der Waals surface area contributed by atoms with Gasteiger partial charge in [0.15, 0.2) is 0 Å². The minimum Gasteiger partial charge on any atom is -0.870 e. The summed E-state index contributed by atoms with van der Waals surface area (Å²) in [4.78, 5) is 48.1. The Hall–Kier alpha value is -4.18. The van der Waals surface area contributed by atoms with Gasteiger partial charge in [-0.05, 0) is 80.6 Å². The summed E-state index contributed by atoms with van der Waals surface area (Å²) in [5.41, 5.74) is 0.779. The van der Waals surface area contributed by atoms with E-state index in [1.807, 2.05) is 24.3 Å². The van der Waals surface area contributed by atoms with E-state index in [0.717, 1.165) is 7.14 Å². The summed E-state index contributed by atoms with van der Waals surface area (Å²) in [5, 5.41) is 40.0. The molecule has 0 atom stereocenters. The maximum Gasteiger partial charge on any atom is 2.00 e. The van der Waals surface area contributed by atoms with Crippen LogP contribution in [0.1, 0.15) is 31.8 Å². The molecule has 6 rings (SSSR count). The number of hydrogen-bond acceptors (Lipinski definition) is 10. The number of fused-ring (bicyclic) bond motifs is 2. The van der Waals surface area contributed by atoms with Crippen molar-refractivity contribution in [2.75, 3.05) is 0 Å². The van der Waals surface area contributed by atoms with Crippen LogP contribution in [0.5, 0.6) is 0 Å². The molecule has 0 spiro atoms. The van der Waals surface area contributed by atoms with E-state index in [4.69, 9.17) is 0 Å². The van der Waals surface area contributed by atoms with E-state index in [-0.39, 0.29) is 39.3 Å². The average molecular weight is 870 g/mol. The minimum atomic E-state index is -0.918. The molecule has 4 aromatic rings. The fraction of sp³-hybridized carbons (Fsp3) is 0. The maximum absolute atomic E-state index is 12.3. The summed E-state index contributed by atoms with van der Waals surface area (Å²) in [6.45, 7) is 0. The Morgan fingerprint density at radius 2 is 0.733 bits per heavy atom. The van der Waals surface area contributed by atoms with Gasteiger partial charge in [0.1, 0.15) is 11.4 Å². The molecule has 45 heavy (non-hydrogen) atoms. The van der Waals surface area contributed by atoms with Gasteiger partial charge in [0, 0.05) is 18.3 Å². The normalized spacial score (nSPS) is 14.3. The van der Waals surface area contributed by atoms with Gasteiger partial charge in [-0.3, -0.25) is 19.2 Å². The van der Waals surface area contributed by atoms with Crippen molar-refractivity contribution >= 4 is 91.2 Å².